The van der Waals surface area contributed by atoms with E-state index in [0.29, 0.717) is 17.7 Å². The first kappa shape index (κ1) is 15.8. The molecule has 0 unspecified atom stereocenters. The van der Waals surface area contributed by atoms with Gasteiger partial charge in [-0.05, 0) is 60.2 Å². The molecule has 112 valence electrons. The Morgan fingerprint density at radius 1 is 1.35 bits per heavy atom. The summed E-state index contributed by atoms with van der Waals surface area (Å²) in [5, 5.41) is 2.83. The monoisotopic (exact) mass is 369 g/mol. The predicted octanol–water partition coefficient (Wildman–Crippen LogP) is 4.67. The Hall–Kier alpha value is -0.560. The zero-order valence-corrected chi connectivity index (χ0v) is 13.3. The van der Waals surface area contributed by atoms with Crippen molar-refractivity contribution in [2.24, 2.45) is 5.92 Å². The zero-order valence-electron chi connectivity index (χ0n) is 10.9. The van der Waals surface area contributed by atoms with E-state index in [4.69, 9.17) is 0 Å². The summed E-state index contributed by atoms with van der Waals surface area (Å²) < 4.78 is 38.6. The van der Waals surface area contributed by atoms with Crippen LogP contribution in [0.2, 0.25) is 0 Å². The number of amides is 1. The summed E-state index contributed by atoms with van der Waals surface area (Å²) in [6.07, 6.45) is -3.13. The number of nitrogens with one attached hydrogen (secondary N) is 1. The Morgan fingerprint density at radius 2 is 1.95 bits per heavy atom. The van der Waals surface area contributed by atoms with Crippen LogP contribution in [0.1, 0.15) is 40.9 Å². The third-order valence-corrected chi connectivity index (χ3v) is 5.74. The van der Waals surface area contributed by atoms with Gasteiger partial charge in [0, 0.05) is 6.04 Å². The molecule has 1 fully saturated rings. The summed E-state index contributed by atoms with van der Waals surface area (Å²) in [6, 6.07) is 1.63. The highest BCUT2D eigenvalue weighted by atomic mass is 79.9. The van der Waals surface area contributed by atoms with Gasteiger partial charge in [0.05, 0.1) is 14.6 Å². The quantitative estimate of drug-likeness (QED) is 0.806. The highest BCUT2D eigenvalue weighted by Gasteiger charge is 2.41. The molecule has 0 bridgehead atoms. The van der Waals surface area contributed by atoms with Crippen molar-refractivity contribution >= 4 is 33.2 Å². The lowest BCUT2D eigenvalue weighted by Crippen LogP contribution is -2.39. The van der Waals surface area contributed by atoms with Gasteiger partial charge in [0.15, 0.2) is 0 Å². The van der Waals surface area contributed by atoms with E-state index < -0.39 is 12.1 Å². The summed E-state index contributed by atoms with van der Waals surface area (Å²) in [5.41, 5.74) is 0.987. The first-order valence-electron chi connectivity index (χ1n) is 6.41. The van der Waals surface area contributed by atoms with Crippen molar-refractivity contribution in [3.63, 3.8) is 0 Å². The highest BCUT2D eigenvalue weighted by molar-refractivity contribution is 9.11. The Morgan fingerprint density at radius 3 is 2.40 bits per heavy atom. The van der Waals surface area contributed by atoms with Gasteiger partial charge in [-0.2, -0.15) is 13.2 Å². The Bertz CT molecular complexity index is 473. The van der Waals surface area contributed by atoms with Crippen LogP contribution in [-0.2, 0) is 0 Å². The molecule has 2 rings (SSSR count). The van der Waals surface area contributed by atoms with Crippen LogP contribution in [0.3, 0.4) is 0 Å². The number of hydrogen-bond acceptors (Lipinski definition) is 2. The first-order valence-corrected chi connectivity index (χ1v) is 8.02. The minimum atomic E-state index is -4.11. The van der Waals surface area contributed by atoms with Crippen LogP contribution in [0.25, 0.3) is 0 Å². The molecule has 7 heteroatoms. The zero-order chi connectivity index (χ0) is 14.9. The van der Waals surface area contributed by atoms with E-state index in [1.165, 1.54) is 11.3 Å². The number of carbonyl (C=O) groups excluding carboxylic acids is 1. The van der Waals surface area contributed by atoms with Crippen LogP contribution in [0.5, 0.6) is 0 Å². The van der Waals surface area contributed by atoms with Gasteiger partial charge in [0.25, 0.3) is 5.91 Å². The topological polar surface area (TPSA) is 29.1 Å². The molecule has 0 spiro atoms. The fraction of sp³-hybridized carbons (Fsp3) is 0.615. The minimum absolute atomic E-state index is 0.0988. The third-order valence-electron chi connectivity index (χ3n) is 3.61. The van der Waals surface area contributed by atoms with Gasteiger partial charge in [0.2, 0.25) is 0 Å². The van der Waals surface area contributed by atoms with Crippen LogP contribution in [0.4, 0.5) is 13.2 Å². The Labute approximate surface area is 127 Å². The smallest absolute Gasteiger partial charge is 0.349 e. The minimum Gasteiger partial charge on any atom is -0.349 e. The normalized spacial score (nSPS) is 23.6. The highest BCUT2D eigenvalue weighted by Crippen LogP contribution is 2.37. The molecule has 1 saturated carbocycles. The second-order valence-corrected chi connectivity index (χ2v) is 7.50. The number of carbonyl (C=O) groups is 1. The average molecular weight is 370 g/mol. The second kappa shape index (κ2) is 6.05. The molecule has 0 aromatic carbocycles. The maximum Gasteiger partial charge on any atom is 0.391 e. The summed E-state index contributed by atoms with van der Waals surface area (Å²) in [4.78, 5) is 12.6. The molecule has 1 aromatic rings. The summed E-state index contributed by atoms with van der Waals surface area (Å²) in [5.74, 6) is -1.41. The van der Waals surface area contributed by atoms with E-state index in [2.05, 4.69) is 21.2 Å². The molecule has 20 heavy (non-hydrogen) atoms. The van der Waals surface area contributed by atoms with Crippen molar-refractivity contribution in [1.82, 2.24) is 5.32 Å². The van der Waals surface area contributed by atoms with Crippen molar-refractivity contribution in [2.45, 2.75) is 44.8 Å². The molecule has 1 aliphatic carbocycles. The van der Waals surface area contributed by atoms with Crippen molar-refractivity contribution < 1.29 is 18.0 Å². The number of thiophene rings is 1. The maximum absolute atomic E-state index is 12.6. The van der Waals surface area contributed by atoms with E-state index in [1.54, 1.807) is 6.07 Å². The molecule has 0 atom stereocenters. The SMILES string of the molecule is Cc1cc(C(=O)NC2CCC(C(F)(F)F)CC2)sc1Br. The van der Waals surface area contributed by atoms with E-state index >= 15 is 0 Å². The van der Waals surface area contributed by atoms with Crippen molar-refractivity contribution in [2.75, 3.05) is 0 Å². The summed E-state index contributed by atoms with van der Waals surface area (Å²) in [6.45, 7) is 1.89. The lowest BCUT2D eigenvalue weighted by atomic mass is 9.85. The van der Waals surface area contributed by atoms with Crippen LogP contribution in [0.15, 0.2) is 9.85 Å². The fourth-order valence-corrected chi connectivity index (χ4v) is 3.83. The van der Waals surface area contributed by atoms with Crippen molar-refractivity contribution in [1.29, 1.82) is 0 Å². The van der Waals surface area contributed by atoms with E-state index in [9.17, 15) is 18.0 Å². The number of halogens is 4. The van der Waals surface area contributed by atoms with Gasteiger partial charge in [-0.15, -0.1) is 11.3 Å². The standard InChI is InChI=1S/C13H15BrF3NOS/c1-7-6-10(20-11(7)14)12(19)18-9-4-2-8(3-5-9)13(15,16)17/h6,8-9H,2-5H2,1H3,(H,18,19). The van der Waals surface area contributed by atoms with E-state index in [0.717, 1.165) is 9.35 Å². The average Bonchev–Trinajstić information content (AvgIpc) is 2.69. The van der Waals surface area contributed by atoms with E-state index in [1.807, 2.05) is 6.92 Å². The molecule has 1 N–H and O–H groups in total. The van der Waals surface area contributed by atoms with Gasteiger partial charge >= 0.3 is 6.18 Å². The molecule has 1 heterocycles. The molecule has 0 saturated heterocycles. The molecular formula is C13H15BrF3NOS. The second-order valence-electron chi connectivity index (χ2n) is 5.13. The fourth-order valence-electron chi connectivity index (χ4n) is 2.39. The van der Waals surface area contributed by atoms with Gasteiger partial charge in [-0.25, -0.2) is 0 Å². The molecule has 1 aromatic heterocycles. The molecule has 0 aliphatic heterocycles. The van der Waals surface area contributed by atoms with E-state index in [-0.39, 0.29) is 24.8 Å². The van der Waals surface area contributed by atoms with Crippen LogP contribution in [0, 0.1) is 12.8 Å². The molecule has 1 aliphatic rings. The number of hydrogen-bond donors (Lipinski definition) is 1. The van der Waals surface area contributed by atoms with Gasteiger partial charge in [0.1, 0.15) is 0 Å². The number of alkyl halides is 3. The number of aryl methyl sites for hydroxylation is 1. The molecule has 0 radical (unpaired) electrons. The molecular weight excluding hydrogens is 355 g/mol. The number of rotatable bonds is 2. The predicted molar refractivity (Wildman–Crippen MR) is 76.0 cm³/mol. The van der Waals surface area contributed by atoms with Crippen LogP contribution in [-0.4, -0.2) is 18.1 Å². The van der Waals surface area contributed by atoms with Gasteiger partial charge < -0.3 is 5.32 Å². The van der Waals surface area contributed by atoms with Gasteiger partial charge in [-0.3, -0.25) is 4.79 Å². The third kappa shape index (κ3) is 3.75. The van der Waals surface area contributed by atoms with Crippen molar-refractivity contribution in [3.05, 3.63) is 20.3 Å². The summed E-state index contributed by atoms with van der Waals surface area (Å²) in [7, 11) is 0. The first-order chi connectivity index (χ1) is 9.27. The summed E-state index contributed by atoms with van der Waals surface area (Å²) >= 11 is 4.69. The van der Waals surface area contributed by atoms with Gasteiger partial charge in [-0.1, -0.05) is 0 Å². The Balaban J connectivity index is 1.88. The van der Waals surface area contributed by atoms with Crippen molar-refractivity contribution in [3.8, 4) is 0 Å². The maximum atomic E-state index is 12.6. The molecule has 2 nitrogen and oxygen atoms in total. The molecule has 1 amide bonds. The van der Waals surface area contributed by atoms with Crippen LogP contribution >= 0.6 is 27.3 Å². The Kier molecular flexibility index (Phi) is 4.79. The largest absolute Gasteiger partial charge is 0.391 e. The van der Waals surface area contributed by atoms with Crippen LogP contribution < -0.4 is 5.32 Å². The lowest BCUT2D eigenvalue weighted by molar-refractivity contribution is -0.182. The lowest BCUT2D eigenvalue weighted by Gasteiger charge is -2.30.